The summed E-state index contributed by atoms with van der Waals surface area (Å²) in [5.41, 5.74) is 4.50. The van der Waals surface area contributed by atoms with E-state index in [-0.39, 0.29) is 11.5 Å². The molecule has 1 N–H and O–H groups in total. The van der Waals surface area contributed by atoms with Crippen LogP contribution in [0.25, 0.3) is 22.0 Å². The molecule has 1 aromatic heterocycles. The predicted octanol–water partition coefficient (Wildman–Crippen LogP) is 7.03. The lowest BCUT2D eigenvalue weighted by molar-refractivity contribution is -0.144. The Labute approximate surface area is 251 Å². The standard InChI is InChI=1S/C34H28BrN3O4/c1-41-29-16-10-9-15-24(29)28-20-27(37-38(28)34(40)32(42-2)22-13-7-4-8-14-22)31-30(21-11-5-3-6-12-21)25-19-23(35)17-18-26(25)36-33(31)39/h3-19,28,32H,20H2,1-2H3,(H,36,39)/t28-,32+/m1/s1. The summed E-state index contributed by atoms with van der Waals surface area (Å²) in [6.45, 7) is 0. The molecule has 0 aliphatic carbocycles. The van der Waals surface area contributed by atoms with Gasteiger partial charge in [0, 0.05) is 40.0 Å². The normalized spacial score (nSPS) is 15.5. The van der Waals surface area contributed by atoms with E-state index in [4.69, 9.17) is 14.6 Å². The molecule has 2 atom stereocenters. The van der Waals surface area contributed by atoms with Crippen LogP contribution in [0.1, 0.15) is 35.3 Å². The van der Waals surface area contributed by atoms with Gasteiger partial charge in [-0.05, 0) is 35.4 Å². The van der Waals surface area contributed by atoms with Crippen LogP contribution in [0, 0.1) is 0 Å². The zero-order chi connectivity index (χ0) is 29.2. The second kappa shape index (κ2) is 11.8. The number of fused-ring (bicyclic) bond motifs is 1. The fourth-order valence-electron chi connectivity index (χ4n) is 5.62. The molecule has 42 heavy (non-hydrogen) atoms. The van der Waals surface area contributed by atoms with E-state index in [1.54, 1.807) is 7.11 Å². The summed E-state index contributed by atoms with van der Waals surface area (Å²) in [7, 11) is 3.11. The summed E-state index contributed by atoms with van der Waals surface area (Å²) < 4.78 is 12.3. The topological polar surface area (TPSA) is 84.0 Å². The van der Waals surface area contributed by atoms with Crippen LogP contribution >= 0.6 is 15.9 Å². The second-order valence-corrected chi connectivity index (χ2v) is 10.9. The Morgan fingerprint density at radius 1 is 0.929 bits per heavy atom. The molecular weight excluding hydrogens is 594 g/mol. The maximum Gasteiger partial charge on any atom is 0.276 e. The Kier molecular flexibility index (Phi) is 7.73. The lowest BCUT2D eigenvalue weighted by Crippen LogP contribution is -2.32. The number of aromatic amines is 1. The highest BCUT2D eigenvalue weighted by Gasteiger charge is 2.39. The third kappa shape index (κ3) is 5.04. The minimum Gasteiger partial charge on any atom is -0.496 e. The van der Waals surface area contributed by atoms with Gasteiger partial charge in [-0.2, -0.15) is 5.10 Å². The number of hydrogen-bond donors (Lipinski definition) is 1. The number of pyridine rings is 1. The summed E-state index contributed by atoms with van der Waals surface area (Å²) in [6.07, 6.45) is -0.578. The molecule has 0 bridgehead atoms. The van der Waals surface area contributed by atoms with Crippen LogP contribution in [-0.4, -0.2) is 35.8 Å². The van der Waals surface area contributed by atoms with Crippen LogP contribution in [-0.2, 0) is 9.53 Å². The first-order chi connectivity index (χ1) is 20.5. The van der Waals surface area contributed by atoms with Gasteiger partial charge in [-0.3, -0.25) is 9.59 Å². The van der Waals surface area contributed by atoms with Gasteiger partial charge in [-0.1, -0.05) is 94.8 Å². The number of aromatic nitrogens is 1. The molecule has 0 radical (unpaired) electrons. The van der Waals surface area contributed by atoms with Crippen molar-refractivity contribution in [3.8, 4) is 16.9 Å². The smallest absolute Gasteiger partial charge is 0.276 e. The van der Waals surface area contributed by atoms with E-state index in [2.05, 4.69) is 20.9 Å². The zero-order valence-corrected chi connectivity index (χ0v) is 24.7. The van der Waals surface area contributed by atoms with Gasteiger partial charge in [0.15, 0.2) is 6.10 Å². The largest absolute Gasteiger partial charge is 0.496 e. The van der Waals surface area contributed by atoms with E-state index >= 15 is 0 Å². The van der Waals surface area contributed by atoms with Crippen LogP contribution in [0.5, 0.6) is 5.75 Å². The minimum atomic E-state index is -0.883. The summed E-state index contributed by atoms with van der Waals surface area (Å²) in [5.74, 6) is 0.292. The van der Waals surface area contributed by atoms with Gasteiger partial charge in [0.1, 0.15) is 5.75 Å². The number of carbonyl (C=O) groups excluding carboxylic acids is 1. The van der Waals surface area contributed by atoms with Gasteiger partial charge >= 0.3 is 0 Å². The molecule has 6 rings (SSSR count). The Bertz CT molecular complexity index is 1850. The number of methoxy groups -OCH3 is 2. The number of benzene rings is 4. The second-order valence-electron chi connectivity index (χ2n) is 9.98. The lowest BCUT2D eigenvalue weighted by Gasteiger charge is -2.27. The predicted molar refractivity (Wildman–Crippen MR) is 168 cm³/mol. The number of halogens is 1. The van der Waals surface area contributed by atoms with Crippen molar-refractivity contribution >= 4 is 38.5 Å². The maximum absolute atomic E-state index is 14.2. The van der Waals surface area contributed by atoms with Crippen molar-refractivity contribution in [3.05, 3.63) is 135 Å². The molecule has 1 aliphatic rings. The molecule has 1 aliphatic heterocycles. The summed E-state index contributed by atoms with van der Waals surface area (Å²) in [4.78, 5) is 31.1. The van der Waals surface area contributed by atoms with Crippen molar-refractivity contribution in [2.75, 3.05) is 14.2 Å². The molecular formula is C34H28BrN3O4. The highest BCUT2D eigenvalue weighted by Crippen LogP contribution is 2.41. The van der Waals surface area contributed by atoms with Gasteiger partial charge in [0.05, 0.1) is 24.4 Å². The van der Waals surface area contributed by atoms with Crippen LogP contribution < -0.4 is 10.3 Å². The number of hydrazone groups is 1. The lowest BCUT2D eigenvalue weighted by atomic mass is 9.91. The molecule has 0 saturated heterocycles. The molecule has 5 aromatic rings. The molecule has 0 saturated carbocycles. The maximum atomic E-state index is 14.2. The number of nitrogens with one attached hydrogen (secondary N) is 1. The SMILES string of the molecule is COc1ccccc1[C@H]1CC(c2c(-c3ccccc3)c3cc(Br)ccc3[nH]c2=O)=NN1C(=O)[C@@H](OC)c1ccccc1. The Balaban J connectivity index is 1.57. The highest BCUT2D eigenvalue weighted by atomic mass is 79.9. The first-order valence-corrected chi connectivity index (χ1v) is 14.3. The number of amides is 1. The molecule has 0 unspecified atom stereocenters. The minimum absolute atomic E-state index is 0.276. The number of carbonyl (C=O) groups is 1. The number of ether oxygens (including phenoxy) is 2. The first kappa shape index (κ1) is 27.6. The molecule has 7 nitrogen and oxygen atoms in total. The zero-order valence-electron chi connectivity index (χ0n) is 23.1. The number of H-pyrrole nitrogens is 1. The van der Waals surface area contributed by atoms with Crippen LogP contribution in [0.2, 0.25) is 0 Å². The number of nitrogens with zero attached hydrogens (tertiary/aromatic N) is 2. The first-order valence-electron chi connectivity index (χ1n) is 13.5. The fraction of sp³-hybridized carbons (Fsp3) is 0.147. The van der Waals surface area contributed by atoms with Crippen LogP contribution in [0.15, 0.2) is 117 Å². The van der Waals surface area contributed by atoms with Crippen molar-refractivity contribution in [2.45, 2.75) is 18.6 Å². The van der Waals surface area contributed by atoms with Gasteiger partial charge in [0.25, 0.3) is 11.5 Å². The summed E-state index contributed by atoms with van der Waals surface area (Å²) in [5, 5.41) is 7.21. The molecule has 2 heterocycles. The van der Waals surface area contributed by atoms with Crippen molar-refractivity contribution in [1.29, 1.82) is 0 Å². The summed E-state index contributed by atoms with van der Waals surface area (Å²) >= 11 is 3.59. The molecule has 1 amide bonds. The molecule has 0 fully saturated rings. The van der Waals surface area contributed by atoms with Gasteiger partial charge in [-0.15, -0.1) is 0 Å². The third-order valence-electron chi connectivity index (χ3n) is 7.52. The highest BCUT2D eigenvalue weighted by molar-refractivity contribution is 9.10. The molecule has 8 heteroatoms. The van der Waals surface area contributed by atoms with Crippen LogP contribution in [0.4, 0.5) is 0 Å². The average Bonchev–Trinajstić information content (AvgIpc) is 3.46. The van der Waals surface area contributed by atoms with Gasteiger partial charge in [0.2, 0.25) is 0 Å². The molecule has 4 aromatic carbocycles. The summed E-state index contributed by atoms with van der Waals surface area (Å²) in [6, 6.07) is 31.9. The Morgan fingerprint density at radius 2 is 1.62 bits per heavy atom. The Morgan fingerprint density at radius 3 is 2.33 bits per heavy atom. The third-order valence-corrected chi connectivity index (χ3v) is 8.02. The van der Waals surface area contributed by atoms with E-state index in [1.807, 2.05) is 103 Å². The molecule has 210 valence electrons. The Hall–Kier alpha value is -4.53. The van der Waals surface area contributed by atoms with E-state index in [9.17, 15) is 9.59 Å². The number of rotatable bonds is 7. The van der Waals surface area contributed by atoms with Crippen molar-refractivity contribution in [2.24, 2.45) is 5.10 Å². The van der Waals surface area contributed by atoms with Crippen molar-refractivity contribution < 1.29 is 14.3 Å². The quantitative estimate of drug-likeness (QED) is 0.211. The van der Waals surface area contributed by atoms with Crippen molar-refractivity contribution in [3.63, 3.8) is 0 Å². The van der Waals surface area contributed by atoms with Gasteiger partial charge < -0.3 is 14.5 Å². The fourth-order valence-corrected chi connectivity index (χ4v) is 5.98. The van der Waals surface area contributed by atoms with Crippen molar-refractivity contribution in [1.82, 2.24) is 9.99 Å². The monoisotopic (exact) mass is 621 g/mol. The number of para-hydroxylation sites is 1. The molecule has 0 spiro atoms. The van der Waals surface area contributed by atoms with E-state index < -0.39 is 12.1 Å². The van der Waals surface area contributed by atoms with E-state index in [1.165, 1.54) is 12.1 Å². The average molecular weight is 623 g/mol. The van der Waals surface area contributed by atoms with Crippen LogP contribution in [0.3, 0.4) is 0 Å². The number of hydrogen-bond acceptors (Lipinski definition) is 5. The van der Waals surface area contributed by atoms with Gasteiger partial charge in [-0.25, -0.2) is 5.01 Å². The van der Waals surface area contributed by atoms with E-state index in [0.29, 0.717) is 34.5 Å². The van der Waals surface area contributed by atoms with E-state index in [0.717, 1.165) is 26.5 Å².